The summed E-state index contributed by atoms with van der Waals surface area (Å²) in [5.41, 5.74) is 20.8. The van der Waals surface area contributed by atoms with Crippen LogP contribution in [0, 0.1) is 0 Å². The minimum atomic E-state index is 0.754. The van der Waals surface area contributed by atoms with Gasteiger partial charge in [-0.1, -0.05) is 188 Å². The highest BCUT2D eigenvalue weighted by Gasteiger charge is 2.19. The SMILES string of the molecule is C=C/C=C\C(C)=C/CN(c1ccccc1)c1ccc(-c2ccc(N(c3ccccc3)c3ccc(-c4ccc(N(C5=CCCC=C5)c5ccc(-c6ccc(N(C7=CCCC=C7)c7ccccc7)cc6)cc5)cc4)cc3)cc2)cc1. The molecule has 0 unspecified atom stereocenters. The Kier molecular flexibility index (Phi) is 15.8. The first-order valence-corrected chi connectivity index (χ1v) is 27.2. The highest BCUT2D eigenvalue weighted by molar-refractivity contribution is 5.82. The van der Waals surface area contributed by atoms with Crippen LogP contribution in [-0.4, -0.2) is 6.54 Å². The number of benzene rings is 9. The maximum atomic E-state index is 3.82. The van der Waals surface area contributed by atoms with E-state index in [4.69, 9.17) is 0 Å². The molecule has 0 aromatic heterocycles. The molecule has 0 radical (unpaired) electrons. The van der Waals surface area contributed by atoms with Gasteiger partial charge in [0.15, 0.2) is 0 Å². The molecule has 9 aromatic rings. The summed E-state index contributed by atoms with van der Waals surface area (Å²) in [7, 11) is 0. The number of hydrogen-bond donors (Lipinski definition) is 0. The Morgan fingerprint density at radius 3 is 0.987 bits per heavy atom. The average Bonchev–Trinajstić information content (AvgIpc) is 3.51. The Hall–Kier alpha value is -9.64. The quantitative estimate of drug-likeness (QED) is 0.0794. The first kappa shape index (κ1) is 50.5. The van der Waals surface area contributed by atoms with Crippen LogP contribution in [0.25, 0.3) is 33.4 Å². The Bertz CT molecular complexity index is 3610. The Labute approximate surface area is 461 Å². The second-order valence-corrected chi connectivity index (χ2v) is 19.7. The first-order chi connectivity index (χ1) is 38.6. The van der Waals surface area contributed by atoms with Crippen molar-refractivity contribution in [3.8, 4) is 33.4 Å². The Balaban J connectivity index is 0.806. The molecule has 0 aliphatic heterocycles. The smallest absolute Gasteiger partial charge is 0.0462 e. The van der Waals surface area contributed by atoms with Gasteiger partial charge >= 0.3 is 0 Å². The molecule has 0 saturated carbocycles. The molecule has 9 aromatic carbocycles. The fourth-order valence-electron chi connectivity index (χ4n) is 10.4. The van der Waals surface area contributed by atoms with Gasteiger partial charge in [0.05, 0.1) is 0 Å². The lowest BCUT2D eigenvalue weighted by Crippen LogP contribution is -2.17. The van der Waals surface area contributed by atoms with E-state index in [2.05, 4.69) is 318 Å². The van der Waals surface area contributed by atoms with Gasteiger partial charge in [-0.05, 0) is 187 Å². The van der Waals surface area contributed by atoms with Crippen LogP contribution in [0.1, 0.15) is 32.6 Å². The zero-order valence-corrected chi connectivity index (χ0v) is 44.3. The monoisotopic (exact) mass is 1010 g/mol. The van der Waals surface area contributed by atoms with Gasteiger partial charge in [-0.3, -0.25) is 0 Å². The summed E-state index contributed by atoms with van der Waals surface area (Å²) in [6.07, 6.45) is 26.1. The fourth-order valence-corrected chi connectivity index (χ4v) is 10.4. The van der Waals surface area contributed by atoms with Gasteiger partial charge in [0.2, 0.25) is 0 Å². The van der Waals surface area contributed by atoms with Crippen molar-refractivity contribution in [2.75, 3.05) is 26.1 Å². The lowest BCUT2D eigenvalue weighted by Gasteiger charge is -2.28. The van der Waals surface area contributed by atoms with Crippen molar-refractivity contribution in [2.45, 2.75) is 32.6 Å². The zero-order chi connectivity index (χ0) is 52.9. The minimum absolute atomic E-state index is 0.754. The molecule has 0 fully saturated rings. The standard InChI is InChI=1S/C74H64N4/c1-3-4-20-57(2)55-56-75(64-21-10-5-11-22-64)65-43-31-58(32-44-65)59-35-47-71(48-36-59)77(68-27-16-8-17-28-68)72-51-39-62(40-52-72)63-41-53-74(54-42-63)78(69-29-18-9-19-30-69)73-49-37-61(38-50-73)60-33-45-70(46-34-60)76(66-23-12-6-13-24-66)67-25-14-7-15-26-67/h3-6,8,10-14,16-18,20-55H,1,7,9,15,19,56H2,2H3/b20-4-,57-55-. The third-order valence-corrected chi connectivity index (χ3v) is 14.5. The van der Waals surface area contributed by atoms with Crippen molar-refractivity contribution in [1.29, 1.82) is 0 Å². The summed E-state index contributed by atoms with van der Waals surface area (Å²) in [6.45, 7) is 6.70. The molecule has 11 rings (SSSR count). The molecule has 78 heavy (non-hydrogen) atoms. The molecule has 0 spiro atoms. The van der Waals surface area contributed by atoms with Gasteiger partial charge in [0.1, 0.15) is 0 Å². The number of anilines is 9. The second kappa shape index (κ2) is 24.4. The largest absolute Gasteiger partial charge is 0.338 e. The third kappa shape index (κ3) is 11.7. The lowest BCUT2D eigenvalue weighted by atomic mass is 10.0. The molecule has 0 atom stereocenters. The normalized spacial score (nSPS) is 13.2. The molecule has 4 heteroatoms. The molecule has 2 aliphatic carbocycles. The van der Waals surface area contributed by atoms with E-state index in [9.17, 15) is 0 Å². The van der Waals surface area contributed by atoms with Gasteiger partial charge in [-0.2, -0.15) is 0 Å². The predicted octanol–water partition coefficient (Wildman–Crippen LogP) is 20.7. The van der Waals surface area contributed by atoms with Crippen molar-refractivity contribution < 1.29 is 0 Å². The second-order valence-electron chi connectivity index (χ2n) is 19.7. The van der Waals surface area contributed by atoms with E-state index in [-0.39, 0.29) is 0 Å². The van der Waals surface area contributed by atoms with Crippen LogP contribution in [0.4, 0.5) is 51.2 Å². The first-order valence-electron chi connectivity index (χ1n) is 27.2. The molecule has 0 saturated heterocycles. The van der Waals surface area contributed by atoms with Crippen molar-refractivity contribution in [2.24, 2.45) is 0 Å². The summed E-state index contributed by atoms with van der Waals surface area (Å²) in [5.74, 6) is 0. The van der Waals surface area contributed by atoms with E-state index in [1.165, 1.54) is 44.8 Å². The van der Waals surface area contributed by atoms with Crippen molar-refractivity contribution >= 4 is 51.2 Å². The van der Waals surface area contributed by atoms with Crippen LogP contribution in [-0.2, 0) is 0 Å². The van der Waals surface area contributed by atoms with Crippen LogP contribution in [0.3, 0.4) is 0 Å². The van der Waals surface area contributed by atoms with E-state index < -0.39 is 0 Å². The van der Waals surface area contributed by atoms with Crippen molar-refractivity contribution in [1.82, 2.24) is 0 Å². The van der Waals surface area contributed by atoms with E-state index >= 15 is 0 Å². The number of para-hydroxylation sites is 3. The summed E-state index contributed by atoms with van der Waals surface area (Å²) < 4.78 is 0. The highest BCUT2D eigenvalue weighted by Crippen LogP contribution is 2.40. The molecule has 380 valence electrons. The summed E-state index contributed by atoms with van der Waals surface area (Å²) in [6, 6.07) is 85.6. The summed E-state index contributed by atoms with van der Waals surface area (Å²) in [5, 5.41) is 0. The van der Waals surface area contributed by atoms with E-state index in [0.29, 0.717) is 0 Å². The van der Waals surface area contributed by atoms with Gasteiger partial charge in [-0.25, -0.2) is 0 Å². The number of allylic oxidation sites excluding steroid dienone is 10. The van der Waals surface area contributed by atoms with Crippen LogP contribution in [0.2, 0.25) is 0 Å². The van der Waals surface area contributed by atoms with Crippen molar-refractivity contribution in [3.63, 3.8) is 0 Å². The van der Waals surface area contributed by atoms with Crippen LogP contribution < -0.4 is 19.6 Å². The van der Waals surface area contributed by atoms with Crippen LogP contribution in [0.15, 0.2) is 321 Å². The maximum absolute atomic E-state index is 3.82. The van der Waals surface area contributed by atoms with Gasteiger partial charge in [0.25, 0.3) is 0 Å². The molecule has 0 amide bonds. The van der Waals surface area contributed by atoms with Crippen LogP contribution in [0.5, 0.6) is 0 Å². The number of nitrogens with zero attached hydrogens (tertiary/aromatic N) is 4. The molecule has 4 nitrogen and oxygen atoms in total. The van der Waals surface area contributed by atoms with Crippen LogP contribution >= 0.6 is 0 Å². The van der Waals surface area contributed by atoms with E-state index in [1.807, 2.05) is 12.2 Å². The van der Waals surface area contributed by atoms with E-state index in [1.54, 1.807) is 0 Å². The molecule has 0 heterocycles. The fraction of sp³-hybridized carbons (Fsp3) is 0.0811. The lowest BCUT2D eigenvalue weighted by molar-refractivity contribution is 0.997. The maximum Gasteiger partial charge on any atom is 0.0462 e. The molecule has 0 N–H and O–H groups in total. The predicted molar refractivity (Wildman–Crippen MR) is 334 cm³/mol. The highest BCUT2D eigenvalue weighted by atomic mass is 15.2. The van der Waals surface area contributed by atoms with Gasteiger partial charge < -0.3 is 19.6 Å². The molecular formula is C74H64N4. The summed E-state index contributed by atoms with van der Waals surface area (Å²) >= 11 is 0. The minimum Gasteiger partial charge on any atom is -0.338 e. The average molecular weight is 1010 g/mol. The molecule has 0 bridgehead atoms. The molecule has 2 aliphatic rings. The number of hydrogen-bond acceptors (Lipinski definition) is 4. The summed E-state index contributed by atoms with van der Waals surface area (Å²) in [4.78, 5) is 9.39. The number of rotatable bonds is 18. The van der Waals surface area contributed by atoms with Crippen molar-refractivity contribution in [3.05, 3.63) is 321 Å². The Morgan fingerprint density at radius 2 is 0.654 bits per heavy atom. The Morgan fingerprint density at radius 1 is 0.359 bits per heavy atom. The topological polar surface area (TPSA) is 13.0 Å². The molecular weight excluding hydrogens is 945 g/mol. The van der Waals surface area contributed by atoms with Gasteiger partial charge in [-0.15, -0.1) is 0 Å². The zero-order valence-electron chi connectivity index (χ0n) is 44.3. The van der Waals surface area contributed by atoms with Gasteiger partial charge in [0, 0.05) is 69.1 Å². The van der Waals surface area contributed by atoms with E-state index in [0.717, 1.165) is 89.0 Å². The third-order valence-electron chi connectivity index (χ3n) is 14.5.